The molecule has 2 N–H and O–H groups in total. The Hall–Kier alpha value is -2.92. The van der Waals surface area contributed by atoms with Crippen LogP contribution < -0.4 is 5.32 Å². The van der Waals surface area contributed by atoms with Crippen LogP contribution in [0.5, 0.6) is 0 Å². The largest absolute Gasteiger partial charge is 0.383 e. The quantitative estimate of drug-likeness (QED) is 0.666. The van der Waals surface area contributed by atoms with E-state index in [0.29, 0.717) is 12.1 Å². The van der Waals surface area contributed by atoms with Crippen molar-refractivity contribution in [2.75, 3.05) is 18.9 Å². The van der Waals surface area contributed by atoms with Crippen LogP contribution >= 0.6 is 0 Å². The summed E-state index contributed by atoms with van der Waals surface area (Å²) < 4.78 is 0. The Kier molecular flexibility index (Phi) is 7.09. The van der Waals surface area contributed by atoms with Crippen molar-refractivity contribution in [2.45, 2.75) is 77.5 Å². The van der Waals surface area contributed by atoms with E-state index in [2.05, 4.69) is 11.4 Å². The number of nitrogens with zero attached hydrogens (tertiary/aromatic N) is 3. The number of likely N-dealkylation sites (N-methyl/N-ethyl adjacent to an activating group) is 1. The Balaban J connectivity index is 1.95. The van der Waals surface area contributed by atoms with Crippen LogP contribution in [0, 0.1) is 22.7 Å². The summed E-state index contributed by atoms with van der Waals surface area (Å²) in [6, 6.07) is 7.94. The maximum atomic E-state index is 13.9. The van der Waals surface area contributed by atoms with E-state index < -0.39 is 34.9 Å². The first-order valence-electron chi connectivity index (χ1n) is 11.9. The number of benzene rings is 1. The lowest BCUT2D eigenvalue weighted by molar-refractivity contribution is -0.153. The van der Waals surface area contributed by atoms with Gasteiger partial charge in [0.25, 0.3) is 5.91 Å². The first-order valence-corrected chi connectivity index (χ1v) is 11.9. The monoisotopic (exact) mass is 468 g/mol. The standard InChI is InChI=1S/C26H36N4O4/c1-7-16(2)12-20(29(6)23(33)21(31)25(3,4)5)22(32)30-15-26(13-17(30)14-27)18-10-8-9-11-19(18)28-24(26)34/h8-11,16-17,20-21,31H,7,12-13,15H2,1-6H3,(H,28,34)/t16?,17-,20-,21-,26-/m0/s1. The Morgan fingerprint density at radius 2 is 2.00 bits per heavy atom. The molecule has 0 saturated carbocycles. The zero-order valence-electron chi connectivity index (χ0n) is 21.0. The zero-order valence-corrected chi connectivity index (χ0v) is 21.0. The Labute approximate surface area is 201 Å². The highest BCUT2D eigenvalue weighted by atomic mass is 16.3. The summed E-state index contributed by atoms with van der Waals surface area (Å²) in [5.74, 6) is -0.961. The normalized spacial score (nSPS) is 24.2. The van der Waals surface area contributed by atoms with Crippen molar-refractivity contribution >= 4 is 23.4 Å². The van der Waals surface area contributed by atoms with Crippen LogP contribution in [0.25, 0.3) is 0 Å². The Bertz CT molecular complexity index is 1010. The number of rotatable bonds is 6. The molecule has 2 aliphatic heterocycles. The van der Waals surface area contributed by atoms with E-state index in [9.17, 15) is 24.8 Å². The summed E-state index contributed by atoms with van der Waals surface area (Å²) in [4.78, 5) is 42.9. The number of hydrogen-bond donors (Lipinski definition) is 2. The number of hydrogen-bond acceptors (Lipinski definition) is 5. The minimum absolute atomic E-state index is 0.0772. The van der Waals surface area contributed by atoms with Gasteiger partial charge in [-0.05, 0) is 29.4 Å². The fraction of sp³-hybridized carbons (Fsp3) is 0.615. The first kappa shape index (κ1) is 25.7. The molecule has 1 spiro atoms. The van der Waals surface area contributed by atoms with Gasteiger partial charge in [0.05, 0.1) is 11.5 Å². The molecule has 1 saturated heterocycles. The van der Waals surface area contributed by atoms with Gasteiger partial charge in [0, 0.05) is 25.7 Å². The SMILES string of the molecule is CCC(C)C[C@@H](C(=O)N1C[C@]2(C[C@H]1C#N)C(=O)Nc1ccccc12)N(C)C(=O)[C@H](O)C(C)(C)C. The molecule has 34 heavy (non-hydrogen) atoms. The molecule has 2 aliphatic rings. The Morgan fingerprint density at radius 1 is 1.35 bits per heavy atom. The number of likely N-dealkylation sites (tertiary alicyclic amines) is 1. The second-order valence-corrected chi connectivity index (χ2v) is 10.9. The number of carbonyl (C=O) groups is 3. The molecule has 5 atom stereocenters. The van der Waals surface area contributed by atoms with Gasteiger partial charge >= 0.3 is 0 Å². The molecule has 3 amide bonds. The molecule has 8 heteroatoms. The van der Waals surface area contributed by atoms with E-state index in [0.717, 1.165) is 12.0 Å². The van der Waals surface area contributed by atoms with E-state index >= 15 is 0 Å². The molecule has 8 nitrogen and oxygen atoms in total. The van der Waals surface area contributed by atoms with E-state index in [4.69, 9.17) is 0 Å². The smallest absolute Gasteiger partial charge is 0.252 e. The molecule has 184 valence electrons. The molecule has 0 aromatic heterocycles. The van der Waals surface area contributed by atoms with E-state index in [1.807, 2.05) is 38.1 Å². The Morgan fingerprint density at radius 3 is 2.59 bits per heavy atom. The van der Waals surface area contributed by atoms with Crippen LogP contribution in [-0.2, 0) is 19.8 Å². The summed E-state index contributed by atoms with van der Waals surface area (Å²) in [6.07, 6.45) is 0.151. The summed E-state index contributed by atoms with van der Waals surface area (Å²) in [6.45, 7) is 9.39. The van der Waals surface area contributed by atoms with Gasteiger partial charge in [0.2, 0.25) is 11.8 Å². The van der Waals surface area contributed by atoms with Gasteiger partial charge in [0.1, 0.15) is 18.2 Å². The number of fused-ring (bicyclic) bond motifs is 2. The average Bonchev–Trinajstić information content (AvgIpc) is 3.33. The number of amides is 3. The molecule has 1 unspecified atom stereocenters. The van der Waals surface area contributed by atoms with Crippen LogP contribution in [0.1, 0.15) is 59.4 Å². The average molecular weight is 469 g/mol. The van der Waals surface area contributed by atoms with Gasteiger partial charge in [-0.2, -0.15) is 5.26 Å². The molecule has 0 aliphatic carbocycles. The van der Waals surface area contributed by atoms with Gasteiger partial charge in [-0.25, -0.2) is 0 Å². The number of para-hydroxylation sites is 1. The summed E-state index contributed by atoms with van der Waals surface area (Å²) in [5, 5.41) is 23.4. The second kappa shape index (κ2) is 9.38. The highest BCUT2D eigenvalue weighted by Gasteiger charge is 2.56. The maximum Gasteiger partial charge on any atom is 0.252 e. The van der Waals surface area contributed by atoms with E-state index in [-0.39, 0.29) is 30.7 Å². The second-order valence-electron chi connectivity index (χ2n) is 10.9. The van der Waals surface area contributed by atoms with Gasteiger partial charge in [-0.1, -0.05) is 59.2 Å². The van der Waals surface area contributed by atoms with Crippen molar-refractivity contribution in [3.63, 3.8) is 0 Å². The van der Waals surface area contributed by atoms with Gasteiger partial charge in [-0.3, -0.25) is 14.4 Å². The third kappa shape index (κ3) is 4.41. The lowest BCUT2D eigenvalue weighted by Crippen LogP contribution is -2.55. The molecule has 1 aromatic carbocycles. The molecule has 0 bridgehead atoms. The van der Waals surface area contributed by atoms with Crippen LogP contribution in [0.4, 0.5) is 5.69 Å². The van der Waals surface area contributed by atoms with Crippen LogP contribution in [0.3, 0.4) is 0 Å². The molecule has 1 fully saturated rings. The van der Waals surface area contributed by atoms with Crippen molar-refractivity contribution in [3.05, 3.63) is 29.8 Å². The van der Waals surface area contributed by atoms with Crippen LogP contribution in [0.2, 0.25) is 0 Å². The molecular weight excluding hydrogens is 432 g/mol. The molecule has 3 rings (SSSR count). The lowest BCUT2D eigenvalue weighted by Gasteiger charge is -2.36. The third-order valence-corrected chi connectivity index (χ3v) is 7.39. The molecular formula is C26H36N4O4. The molecule has 1 aromatic rings. The van der Waals surface area contributed by atoms with Crippen molar-refractivity contribution in [1.29, 1.82) is 5.26 Å². The topological polar surface area (TPSA) is 114 Å². The van der Waals surface area contributed by atoms with Gasteiger partial charge in [0.15, 0.2) is 0 Å². The lowest BCUT2D eigenvalue weighted by atomic mass is 9.80. The summed E-state index contributed by atoms with van der Waals surface area (Å²) in [7, 11) is 1.53. The first-order chi connectivity index (χ1) is 15.9. The third-order valence-electron chi connectivity index (χ3n) is 7.39. The molecule has 2 heterocycles. The number of aliphatic hydroxyl groups excluding tert-OH is 1. The number of nitriles is 1. The van der Waals surface area contributed by atoms with E-state index in [1.54, 1.807) is 20.8 Å². The maximum absolute atomic E-state index is 13.9. The highest BCUT2D eigenvalue weighted by molar-refractivity contribution is 6.07. The van der Waals surface area contributed by atoms with Gasteiger partial charge in [-0.15, -0.1) is 0 Å². The minimum atomic E-state index is -1.27. The number of anilines is 1. The van der Waals surface area contributed by atoms with E-state index in [1.165, 1.54) is 16.8 Å². The predicted octanol–water partition coefficient (Wildman–Crippen LogP) is 2.67. The zero-order chi connectivity index (χ0) is 25.4. The summed E-state index contributed by atoms with van der Waals surface area (Å²) in [5.41, 5.74) is -0.175. The molecule has 0 radical (unpaired) electrons. The van der Waals surface area contributed by atoms with Crippen molar-refractivity contribution in [1.82, 2.24) is 9.80 Å². The van der Waals surface area contributed by atoms with Crippen LogP contribution in [0.15, 0.2) is 24.3 Å². The fourth-order valence-corrected chi connectivity index (χ4v) is 4.87. The number of aliphatic hydroxyl groups is 1. The minimum Gasteiger partial charge on any atom is -0.383 e. The van der Waals surface area contributed by atoms with Crippen LogP contribution in [-0.4, -0.2) is 64.4 Å². The van der Waals surface area contributed by atoms with Crippen molar-refractivity contribution in [2.24, 2.45) is 11.3 Å². The predicted molar refractivity (Wildman–Crippen MR) is 129 cm³/mol. The van der Waals surface area contributed by atoms with Crippen molar-refractivity contribution in [3.8, 4) is 6.07 Å². The van der Waals surface area contributed by atoms with Gasteiger partial charge < -0.3 is 20.2 Å². The van der Waals surface area contributed by atoms with Crippen molar-refractivity contribution < 1.29 is 19.5 Å². The number of nitrogens with one attached hydrogen (secondary N) is 1. The number of carbonyl (C=O) groups excluding carboxylic acids is 3. The highest BCUT2D eigenvalue weighted by Crippen LogP contribution is 2.46. The summed E-state index contributed by atoms with van der Waals surface area (Å²) >= 11 is 0. The fourth-order valence-electron chi connectivity index (χ4n) is 4.87.